The first kappa shape index (κ1) is 13.5. The molecule has 0 amide bonds. The topological polar surface area (TPSA) is 30.5 Å². The summed E-state index contributed by atoms with van der Waals surface area (Å²) in [6, 6.07) is 11.5. The van der Waals surface area contributed by atoms with E-state index < -0.39 is 0 Å². The summed E-state index contributed by atoms with van der Waals surface area (Å²) in [7, 11) is 3.36. The van der Waals surface area contributed by atoms with Gasteiger partial charge in [-0.05, 0) is 31.2 Å². The Morgan fingerprint density at radius 2 is 1.72 bits per heavy atom. The first-order chi connectivity index (χ1) is 8.74. The predicted molar refractivity (Wildman–Crippen MR) is 72.6 cm³/mol. The van der Waals surface area contributed by atoms with E-state index in [1.807, 2.05) is 0 Å². The van der Waals surface area contributed by atoms with Crippen LogP contribution in [-0.4, -0.2) is 32.6 Å². The van der Waals surface area contributed by atoms with Gasteiger partial charge in [0, 0.05) is 20.3 Å². The first-order valence-corrected chi connectivity index (χ1v) is 6.61. The van der Waals surface area contributed by atoms with Crippen molar-refractivity contribution in [1.82, 2.24) is 5.32 Å². The molecule has 0 radical (unpaired) electrons. The van der Waals surface area contributed by atoms with Gasteiger partial charge in [-0.2, -0.15) is 0 Å². The maximum atomic E-state index is 5.26. The fourth-order valence-corrected chi connectivity index (χ4v) is 2.71. The minimum atomic E-state index is -0.166. The van der Waals surface area contributed by atoms with Crippen LogP contribution in [0.4, 0.5) is 0 Å². The van der Waals surface area contributed by atoms with Gasteiger partial charge in [-0.25, -0.2) is 0 Å². The molecule has 1 aromatic carbocycles. The van der Waals surface area contributed by atoms with Crippen molar-refractivity contribution in [3.8, 4) is 0 Å². The third-order valence-corrected chi connectivity index (χ3v) is 3.78. The summed E-state index contributed by atoms with van der Waals surface area (Å²) in [4.78, 5) is 0. The van der Waals surface area contributed by atoms with Crippen LogP contribution in [0.1, 0.15) is 31.2 Å². The fourth-order valence-electron chi connectivity index (χ4n) is 2.71. The molecule has 1 aliphatic rings. The molecule has 0 aliphatic heterocycles. The van der Waals surface area contributed by atoms with Gasteiger partial charge in [0.15, 0.2) is 6.29 Å². The molecule has 1 fully saturated rings. The molecule has 3 heteroatoms. The van der Waals surface area contributed by atoms with E-state index in [1.54, 1.807) is 14.2 Å². The summed E-state index contributed by atoms with van der Waals surface area (Å²) in [5.74, 6) is 0.708. The van der Waals surface area contributed by atoms with Crippen molar-refractivity contribution >= 4 is 0 Å². The monoisotopic (exact) mass is 249 g/mol. The zero-order chi connectivity index (χ0) is 13.0. The predicted octanol–water partition coefficient (Wildman–Crippen LogP) is 2.53. The van der Waals surface area contributed by atoms with Crippen LogP contribution in [0.5, 0.6) is 0 Å². The summed E-state index contributed by atoms with van der Waals surface area (Å²) in [6.07, 6.45) is 2.24. The van der Waals surface area contributed by atoms with E-state index in [9.17, 15) is 0 Å². The number of benzene rings is 1. The second-order valence-electron chi connectivity index (χ2n) is 5.07. The van der Waals surface area contributed by atoms with Crippen LogP contribution in [0.25, 0.3) is 0 Å². The Labute approximate surface area is 109 Å². The molecule has 1 atom stereocenters. The van der Waals surface area contributed by atoms with Gasteiger partial charge in [-0.3, -0.25) is 0 Å². The summed E-state index contributed by atoms with van der Waals surface area (Å²) in [5, 5.41) is 3.57. The van der Waals surface area contributed by atoms with Crippen molar-refractivity contribution in [2.24, 2.45) is 0 Å². The molecule has 1 N–H and O–H groups in total. The number of hydrogen-bond acceptors (Lipinski definition) is 3. The smallest absolute Gasteiger partial charge is 0.171 e. The SMILES string of the molecule is COC(OC)C(C)NC1CC(c2ccccc2)C1. The molecule has 18 heavy (non-hydrogen) atoms. The van der Waals surface area contributed by atoms with Crippen molar-refractivity contribution < 1.29 is 9.47 Å². The highest BCUT2D eigenvalue weighted by Crippen LogP contribution is 2.36. The van der Waals surface area contributed by atoms with E-state index in [2.05, 4.69) is 42.6 Å². The van der Waals surface area contributed by atoms with E-state index in [4.69, 9.17) is 9.47 Å². The Bertz CT molecular complexity index is 345. The lowest BCUT2D eigenvalue weighted by Gasteiger charge is -2.39. The Morgan fingerprint density at radius 3 is 2.28 bits per heavy atom. The molecule has 0 spiro atoms. The average molecular weight is 249 g/mol. The van der Waals surface area contributed by atoms with E-state index in [-0.39, 0.29) is 12.3 Å². The minimum Gasteiger partial charge on any atom is -0.354 e. The molecule has 100 valence electrons. The van der Waals surface area contributed by atoms with Crippen molar-refractivity contribution in [2.75, 3.05) is 14.2 Å². The van der Waals surface area contributed by atoms with E-state index in [0.717, 1.165) is 0 Å². The Morgan fingerprint density at radius 1 is 1.11 bits per heavy atom. The third-order valence-electron chi connectivity index (χ3n) is 3.78. The Balaban J connectivity index is 1.76. The van der Waals surface area contributed by atoms with Crippen LogP contribution in [0.3, 0.4) is 0 Å². The summed E-state index contributed by atoms with van der Waals surface area (Å²) < 4.78 is 10.5. The molecule has 1 unspecified atom stereocenters. The highest BCUT2D eigenvalue weighted by Gasteiger charge is 2.32. The van der Waals surface area contributed by atoms with Crippen LogP contribution in [0, 0.1) is 0 Å². The molecule has 0 aromatic heterocycles. The van der Waals surface area contributed by atoms with E-state index in [0.29, 0.717) is 12.0 Å². The van der Waals surface area contributed by atoms with Crippen molar-refractivity contribution in [3.05, 3.63) is 35.9 Å². The van der Waals surface area contributed by atoms with Crippen LogP contribution in [0.15, 0.2) is 30.3 Å². The lowest BCUT2D eigenvalue weighted by molar-refractivity contribution is -0.122. The van der Waals surface area contributed by atoms with Crippen LogP contribution in [-0.2, 0) is 9.47 Å². The van der Waals surface area contributed by atoms with E-state index in [1.165, 1.54) is 18.4 Å². The summed E-state index contributed by atoms with van der Waals surface area (Å²) >= 11 is 0. The summed E-state index contributed by atoms with van der Waals surface area (Å²) in [6.45, 7) is 2.10. The van der Waals surface area contributed by atoms with Gasteiger partial charge in [0.2, 0.25) is 0 Å². The summed E-state index contributed by atoms with van der Waals surface area (Å²) in [5.41, 5.74) is 1.46. The van der Waals surface area contributed by atoms with Crippen LogP contribution in [0.2, 0.25) is 0 Å². The number of hydrogen-bond donors (Lipinski definition) is 1. The van der Waals surface area contributed by atoms with Gasteiger partial charge >= 0.3 is 0 Å². The largest absolute Gasteiger partial charge is 0.354 e. The average Bonchev–Trinajstić information content (AvgIpc) is 2.36. The lowest BCUT2D eigenvalue weighted by atomic mass is 9.75. The van der Waals surface area contributed by atoms with Gasteiger partial charge in [-0.15, -0.1) is 0 Å². The van der Waals surface area contributed by atoms with Crippen LogP contribution >= 0.6 is 0 Å². The zero-order valence-electron chi connectivity index (χ0n) is 11.4. The maximum Gasteiger partial charge on any atom is 0.171 e. The second kappa shape index (κ2) is 6.32. The van der Waals surface area contributed by atoms with Gasteiger partial charge in [0.25, 0.3) is 0 Å². The van der Waals surface area contributed by atoms with Crippen LogP contribution < -0.4 is 5.32 Å². The third kappa shape index (κ3) is 3.10. The molecule has 0 bridgehead atoms. The molecule has 1 saturated carbocycles. The van der Waals surface area contributed by atoms with Crippen molar-refractivity contribution in [3.63, 3.8) is 0 Å². The van der Waals surface area contributed by atoms with E-state index >= 15 is 0 Å². The normalized spacial score (nSPS) is 24.9. The zero-order valence-corrected chi connectivity index (χ0v) is 11.4. The standard InChI is InChI=1S/C15H23NO2/c1-11(15(17-2)18-3)16-14-9-13(10-14)12-7-5-4-6-8-12/h4-8,11,13-16H,9-10H2,1-3H3. The van der Waals surface area contributed by atoms with Gasteiger partial charge in [0.05, 0.1) is 6.04 Å². The highest BCUT2D eigenvalue weighted by molar-refractivity contribution is 5.22. The Kier molecular flexibility index (Phi) is 4.75. The maximum absolute atomic E-state index is 5.26. The van der Waals surface area contributed by atoms with Crippen molar-refractivity contribution in [1.29, 1.82) is 0 Å². The number of methoxy groups -OCH3 is 2. The quantitative estimate of drug-likeness (QED) is 0.786. The van der Waals surface area contributed by atoms with Gasteiger partial charge in [-0.1, -0.05) is 30.3 Å². The second-order valence-corrected chi connectivity index (χ2v) is 5.07. The molecule has 1 aromatic rings. The number of nitrogens with one attached hydrogen (secondary N) is 1. The number of rotatable bonds is 6. The molecule has 2 rings (SSSR count). The van der Waals surface area contributed by atoms with Gasteiger partial charge < -0.3 is 14.8 Å². The molecular formula is C15H23NO2. The molecule has 3 nitrogen and oxygen atoms in total. The lowest BCUT2D eigenvalue weighted by Crippen LogP contribution is -2.49. The molecular weight excluding hydrogens is 226 g/mol. The highest BCUT2D eigenvalue weighted by atomic mass is 16.7. The fraction of sp³-hybridized carbons (Fsp3) is 0.600. The van der Waals surface area contributed by atoms with Gasteiger partial charge in [0.1, 0.15) is 0 Å². The number of ether oxygens (including phenoxy) is 2. The molecule has 1 aliphatic carbocycles. The van der Waals surface area contributed by atoms with Crippen molar-refractivity contribution in [2.45, 2.75) is 44.1 Å². The molecule has 0 saturated heterocycles. The molecule has 0 heterocycles. The Hall–Kier alpha value is -0.900. The minimum absolute atomic E-state index is 0.166. The first-order valence-electron chi connectivity index (χ1n) is 6.61.